The van der Waals surface area contributed by atoms with E-state index in [4.69, 9.17) is 19.7 Å². The van der Waals surface area contributed by atoms with Crippen LogP contribution in [-0.4, -0.2) is 153 Å². The number of aromatic nitrogens is 8. The minimum atomic E-state index is -0.586. The summed E-state index contributed by atoms with van der Waals surface area (Å²) in [6, 6.07) is 35.7. The molecule has 11 heterocycles. The van der Waals surface area contributed by atoms with E-state index in [1.165, 1.54) is 31.3 Å². The van der Waals surface area contributed by atoms with E-state index >= 15 is 0 Å². The topological polar surface area (TPSA) is 277 Å². The largest absolute Gasteiger partial charge is 0.444 e. The number of nitrogens with zero attached hydrogens (tertiary/aromatic N) is 10. The van der Waals surface area contributed by atoms with Crippen molar-refractivity contribution in [2.24, 2.45) is 0 Å². The summed E-state index contributed by atoms with van der Waals surface area (Å²) in [5, 5.41) is 35.8. The summed E-state index contributed by atoms with van der Waals surface area (Å²) >= 11 is 10.1. The van der Waals surface area contributed by atoms with E-state index in [0.717, 1.165) is 165 Å². The van der Waals surface area contributed by atoms with Crippen LogP contribution >= 0.6 is 68.0 Å². The molecule has 0 aliphatic carbocycles. The predicted octanol–water partition coefficient (Wildman–Crippen LogP) is 17.8. The first-order chi connectivity index (χ1) is 54.3. The molecule has 1 atom stereocenters. The number of fused-ring (bicyclic) bond motifs is 6. The van der Waals surface area contributed by atoms with Gasteiger partial charge in [0.15, 0.2) is 0 Å². The van der Waals surface area contributed by atoms with Gasteiger partial charge in [0.2, 0.25) is 23.5 Å². The number of hydrogen-bond donors (Lipinski definition) is 7. The molecule has 15 rings (SSSR count). The molecular formula is C84H101N17O6S6. The Hall–Kier alpha value is -9.01. The number of thiazole rings is 3. The number of tetrazole rings is 1. The molecule has 23 nitrogen and oxygen atoms in total. The van der Waals surface area contributed by atoms with Crippen molar-refractivity contribution in [3.63, 3.8) is 0 Å². The van der Waals surface area contributed by atoms with Gasteiger partial charge in [0.25, 0.3) is 5.56 Å². The Bertz CT molecular complexity index is 5290. The molecule has 4 aromatic carbocycles. The van der Waals surface area contributed by atoms with Crippen molar-refractivity contribution in [2.45, 2.75) is 191 Å². The highest BCUT2D eigenvalue weighted by molar-refractivity contribution is 7.24. The van der Waals surface area contributed by atoms with Crippen molar-refractivity contribution >= 4 is 143 Å². The summed E-state index contributed by atoms with van der Waals surface area (Å²) in [5.74, 6) is 0.393. The molecule has 3 aliphatic heterocycles. The fourth-order valence-electron chi connectivity index (χ4n) is 14.2. The van der Waals surface area contributed by atoms with Gasteiger partial charge >= 0.3 is 6.09 Å². The SMILES string of the molecule is CC(C)N1CCc2c(sc(NC(=O)CCNc3ccc(-c4nn[nH]n4)cc3)c2-c2nc3ccccc3s2)C1.CCC(C)N(CCC(=O)Nc1sc2c(c1-c1nc3ccccc3s1)CCN(C(C)C)C2)C(=O)OC(C)(C)C.Cc1cc(C)c(CNCCC(=O)Nc2sc3c(c2-c2nc4ccccc4s2)CCN(C(C)C)C3)c(=O)[nH]1. The monoisotopic (exact) mass is 1640 g/mol. The molecule has 113 heavy (non-hydrogen) atoms. The van der Waals surface area contributed by atoms with Crippen LogP contribution in [-0.2, 0) is 64.6 Å². The van der Waals surface area contributed by atoms with Crippen molar-refractivity contribution < 1.29 is 23.9 Å². The highest BCUT2D eigenvalue weighted by Crippen LogP contribution is 2.49. The molecule has 0 saturated heterocycles. The molecule has 3 aliphatic rings. The van der Waals surface area contributed by atoms with Gasteiger partial charge in [-0.2, -0.15) is 5.21 Å². The van der Waals surface area contributed by atoms with E-state index in [0.29, 0.717) is 68.5 Å². The summed E-state index contributed by atoms with van der Waals surface area (Å²) in [6.07, 6.45) is 4.14. The number of carbonyl (C=O) groups excluding carboxylic acids is 4. The Balaban J connectivity index is 0.000000148. The number of benzene rings is 4. The van der Waals surface area contributed by atoms with Crippen LogP contribution in [0.4, 0.5) is 25.5 Å². The fraction of sp³-hybridized carbons (Fsp3) is 0.417. The average molecular weight is 1640 g/mol. The quantitative estimate of drug-likeness (QED) is 0.0277. The van der Waals surface area contributed by atoms with E-state index in [-0.39, 0.29) is 41.8 Å². The maximum absolute atomic E-state index is 13.3. The predicted molar refractivity (Wildman–Crippen MR) is 465 cm³/mol. The number of amides is 4. The van der Waals surface area contributed by atoms with Crippen LogP contribution in [0.15, 0.2) is 108 Å². The van der Waals surface area contributed by atoms with Gasteiger partial charge in [-0.05, 0) is 203 Å². The van der Waals surface area contributed by atoms with E-state index in [9.17, 15) is 24.0 Å². The smallest absolute Gasteiger partial charge is 0.410 e. The molecule has 0 saturated carbocycles. The molecule has 0 bridgehead atoms. The molecule has 29 heteroatoms. The minimum Gasteiger partial charge on any atom is -0.444 e. The lowest BCUT2D eigenvalue weighted by Crippen LogP contribution is -2.43. The number of aromatic amines is 2. The molecule has 0 radical (unpaired) electrons. The molecule has 7 N–H and O–H groups in total. The van der Waals surface area contributed by atoms with Crippen LogP contribution in [0.2, 0.25) is 0 Å². The number of pyridine rings is 1. The highest BCUT2D eigenvalue weighted by atomic mass is 32.1. The third kappa shape index (κ3) is 20.0. The van der Waals surface area contributed by atoms with Gasteiger partial charge in [0.1, 0.15) is 35.6 Å². The van der Waals surface area contributed by atoms with E-state index in [2.05, 4.69) is 127 Å². The second kappa shape index (κ2) is 36.6. The molecule has 0 spiro atoms. The van der Waals surface area contributed by atoms with E-state index in [1.54, 1.807) is 72.9 Å². The van der Waals surface area contributed by atoms with Crippen LogP contribution < -0.4 is 32.1 Å². The Morgan fingerprint density at radius 2 is 1.01 bits per heavy atom. The number of nitrogens with one attached hydrogen (secondary N) is 7. The van der Waals surface area contributed by atoms with Gasteiger partial charge in [-0.1, -0.05) is 43.3 Å². The number of H-pyrrole nitrogens is 2. The van der Waals surface area contributed by atoms with Crippen LogP contribution in [0.25, 0.3) is 73.8 Å². The molecule has 594 valence electrons. The molecule has 12 aromatic rings. The number of thiophene rings is 3. The Kier molecular flexibility index (Phi) is 26.6. The first-order valence-corrected chi connectivity index (χ1v) is 43.8. The lowest BCUT2D eigenvalue weighted by Gasteiger charge is -2.31. The molecular weight excluding hydrogens is 1540 g/mol. The van der Waals surface area contributed by atoms with Gasteiger partial charge in [0.05, 0.1) is 30.6 Å². The third-order valence-electron chi connectivity index (χ3n) is 20.6. The maximum atomic E-state index is 13.3. The summed E-state index contributed by atoms with van der Waals surface area (Å²) in [5.41, 5.74) is 13.9. The molecule has 1 unspecified atom stereocenters. The highest BCUT2D eigenvalue weighted by Gasteiger charge is 2.34. The van der Waals surface area contributed by atoms with Gasteiger partial charge in [-0.15, -0.1) is 78.2 Å². The Morgan fingerprint density at radius 3 is 1.41 bits per heavy atom. The number of ether oxygens (including phenoxy) is 1. The van der Waals surface area contributed by atoms with Gasteiger partial charge in [0, 0.05) is 163 Å². The lowest BCUT2D eigenvalue weighted by atomic mass is 10.0. The first kappa shape index (κ1) is 82.0. The fourth-order valence-corrected chi connectivity index (χ4v) is 21.4. The van der Waals surface area contributed by atoms with Crippen molar-refractivity contribution in [3.8, 4) is 43.1 Å². The molecule has 4 amide bonds. The van der Waals surface area contributed by atoms with Crippen molar-refractivity contribution in [1.29, 1.82) is 0 Å². The third-order valence-corrected chi connectivity index (χ3v) is 27.1. The number of aryl methyl sites for hydroxylation is 2. The number of rotatable bonds is 24. The summed E-state index contributed by atoms with van der Waals surface area (Å²) < 4.78 is 9.06. The zero-order chi connectivity index (χ0) is 79.8. The normalized spacial score (nSPS) is 14.2. The van der Waals surface area contributed by atoms with Crippen molar-refractivity contribution in [3.05, 3.63) is 162 Å². The first-order valence-electron chi connectivity index (χ1n) is 38.9. The van der Waals surface area contributed by atoms with Gasteiger partial charge in [-0.3, -0.25) is 33.9 Å². The summed E-state index contributed by atoms with van der Waals surface area (Å²) in [6.45, 7) is 34.2. The van der Waals surface area contributed by atoms with Crippen molar-refractivity contribution in [1.82, 2.24) is 65.5 Å². The summed E-state index contributed by atoms with van der Waals surface area (Å²) in [7, 11) is 0. The second-order valence-corrected chi connectivity index (χ2v) is 37.1. The van der Waals surface area contributed by atoms with Crippen LogP contribution in [0.1, 0.15) is 150 Å². The Morgan fingerprint density at radius 1 is 0.575 bits per heavy atom. The van der Waals surface area contributed by atoms with Crippen LogP contribution in [0.5, 0.6) is 0 Å². The Labute approximate surface area is 683 Å². The average Bonchev–Trinajstić information content (AvgIpc) is 1.62. The number of anilines is 4. The van der Waals surface area contributed by atoms with E-state index in [1.807, 2.05) is 133 Å². The second-order valence-electron chi connectivity index (χ2n) is 30.7. The van der Waals surface area contributed by atoms with Gasteiger partial charge < -0.3 is 41.2 Å². The minimum absolute atomic E-state index is 0.0115. The summed E-state index contributed by atoms with van der Waals surface area (Å²) in [4.78, 5) is 95.1. The number of hydrogen-bond acceptors (Lipinski definition) is 23. The lowest BCUT2D eigenvalue weighted by molar-refractivity contribution is -0.117. The number of para-hydroxylation sites is 3. The molecule has 8 aromatic heterocycles. The zero-order valence-electron chi connectivity index (χ0n) is 66.5. The van der Waals surface area contributed by atoms with Crippen LogP contribution in [0.3, 0.4) is 0 Å². The van der Waals surface area contributed by atoms with Gasteiger partial charge in [-0.25, -0.2) is 19.7 Å². The van der Waals surface area contributed by atoms with Crippen LogP contribution in [0, 0.1) is 13.8 Å². The standard InChI is InChI=1S/C29H40N4O3S2.C28H33N5O2S2.C27H28N8OS2/c1-8-19(4)33(28(35)36-29(5,6)7)16-14-24(34)31-27-25(26-30-21-11-9-10-12-22(21)37-26)20-13-15-32(18(2)3)17-23(20)38-27;1-16(2)33-12-10-19-23(15-33)37-28(25(19)27-31-21-7-5-6-8-22(21)36-27)32-24(34)9-11-29-14-20-17(3)13-18(4)30-26(20)35;1-16(2)35-14-12-19-22(15-35)38-27(24(19)26-29-20-5-3-4-6-21(20)37-26)30-23(36)11-13-28-18-9-7-17(8-10-18)25-31-33-34-32-25/h9-12,18-19H,8,13-17H2,1-7H3,(H,31,34);5-8,13,16,29H,9-12,14-15H2,1-4H3,(H,30,35)(H,32,34);3-10,16,28H,11-15H2,1-2H3,(H,30,36)(H,31,32,33,34). The number of carbonyl (C=O) groups is 4. The van der Waals surface area contributed by atoms with E-state index < -0.39 is 5.60 Å². The zero-order valence-corrected chi connectivity index (χ0v) is 71.4. The van der Waals surface area contributed by atoms with Crippen molar-refractivity contribution in [2.75, 3.05) is 60.5 Å². The molecule has 0 fully saturated rings. The maximum Gasteiger partial charge on any atom is 0.410 e.